The Morgan fingerprint density at radius 1 is 1.20 bits per heavy atom. The second kappa shape index (κ2) is 6.72. The zero-order valence-electron chi connectivity index (χ0n) is 7.06. The van der Waals surface area contributed by atoms with Crippen LogP contribution in [-0.2, 0) is 0 Å². The minimum atomic E-state index is 0.310. The van der Waals surface area contributed by atoms with Crippen molar-refractivity contribution in [3.63, 3.8) is 0 Å². The molecule has 0 fully saturated rings. The molecule has 0 aliphatic heterocycles. The van der Waals surface area contributed by atoms with Gasteiger partial charge in [-0.25, -0.2) is 5.53 Å². The summed E-state index contributed by atoms with van der Waals surface area (Å²) in [5, 5.41) is 3.57. The van der Waals surface area contributed by atoms with Crippen LogP contribution < -0.4 is 0 Å². The highest BCUT2D eigenvalue weighted by molar-refractivity contribution is 4.61. The lowest BCUT2D eigenvalue weighted by Gasteiger charge is -2.06. The van der Waals surface area contributed by atoms with E-state index >= 15 is 0 Å². The Hall–Kier alpha value is -0.400. The highest BCUT2D eigenvalue weighted by atomic mass is 15.0. The van der Waals surface area contributed by atoms with Crippen molar-refractivity contribution in [3.8, 4) is 0 Å². The summed E-state index contributed by atoms with van der Waals surface area (Å²) in [6.45, 7) is 4.32. The Morgan fingerprint density at radius 3 is 2.30 bits per heavy atom. The normalized spacial score (nSPS) is 13.0. The summed E-state index contributed by atoms with van der Waals surface area (Å²) in [4.78, 5) is 0. The number of unbranched alkanes of at least 4 members (excludes halogenated alkanes) is 1. The molecule has 0 aromatic carbocycles. The molecule has 2 nitrogen and oxygen atoms in total. The van der Waals surface area contributed by atoms with Crippen molar-refractivity contribution in [2.24, 2.45) is 5.11 Å². The van der Waals surface area contributed by atoms with E-state index in [2.05, 4.69) is 19.0 Å². The maximum Gasteiger partial charge on any atom is 0.0705 e. The standard InChI is InChI=1S/C8H18N2/c1-3-5-7-8(10-9)6-4-2/h8-9H,3-7H2,1-2H3. The second-order valence-electron chi connectivity index (χ2n) is 2.71. The first-order chi connectivity index (χ1) is 4.85. The Labute approximate surface area is 63.5 Å². The third-order valence-corrected chi connectivity index (χ3v) is 1.70. The molecule has 0 saturated carbocycles. The molecule has 0 aliphatic rings. The highest BCUT2D eigenvalue weighted by Gasteiger charge is 2.02. The fraction of sp³-hybridized carbons (Fsp3) is 1.00. The lowest BCUT2D eigenvalue weighted by molar-refractivity contribution is 0.510. The molecule has 0 heterocycles. The first-order valence-corrected chi connectivity index (χ1v) is 4.21. The van der Waals surface area contributed by atoms with Gasteiger partial charge in [0.2, 0.25) is 0 Å². The van der Waals surface area contributed by atoms with Gasteiger partial charge in [0.15, 0.2) is 0 Å². The smallest absolute Gasteiger partial charge is 0.0705 e. The molecule has 0 spiro atoms. The monoisotopic (exact) mass is 142 g/mol. The van der Waals surface area contributed by atoms with Gasteiger partial charge in [-0.1, -0.05) is 33.1 Å². The largest absolute Gasteiger partial charge is 0.210 e. The van der Waals surface area contributed by atoms with Crippen molar-refractivity contribution in [2.45, 2.75) is 52.0 Å². The van der Waals surface area contributed by atoms with Gasteiger partial charge in [-0.15, -0.1) is 0 Å². The number of nitrogens with one attached hydrogen (secondary N) is 1. The summed E-state index contributed by atoms with van der Waals surface area (Å²) in [6.07, 6.45) is 5.77. The van der Waals surface area contributed by atoms with Crippen molar-refractivity contribution in [2.75, 3.05) is 0 Å². The summed E-state index contributed by atoms with van der Waals surface area (Å²) in [5.41, 5.74) is 6.87. The van der Waals surface area contributed by atoms with Crippen LogP contribution in [-0.4, -0.2) is 6.04 Å². The maximum atomic E-state index is 6.87. The molecule has 0 rings (SSSR count). The van der Waals surface area contributed by atoms with Gasteiger partial charge in [-0.2, -0.15) is 5.11 Å². The van der Waals surface area contributed by atoms with Crippen LogP contribution in [0.3, 0.4) is 0 Å². The van der Waals surface area contributed by atoms with Crippen molar-refractivity contribution < 1.29 is 0 Å². The Balaban J connectivity index is 3.29. The predicted molar refractivity (Wildman–Crippen MR) is 43.4 cm³/mol. The molecular formula is C8H18N2. The van der Waals surface area contributed by atoms with Crippen LogP contribution in [0.1, 0.15) is 46.0 Å². The minimum absolute atomic E-state index is 0.310. The van der Waals surface area contributed by atoms with Crippen LogP contribution in [0.25, 0.3) is 0 Å². The third-order valence-electron chi connectivity index (χ3n) is 1.70. The molecule has 60 valence electrons. The van der Waals surface area contributed by atoms with Crippen molar-refractivity contribution >= 4 is 0 Å². The zero-order valence-corrected chi connectivity index (χ0v) is 7.06. The number of rotatable bonds is 6. The van der Waals surface area contributed by atoms with Gasteiger partial charge in [-0.3, -0.25) is 0 Å². The Morgan fingerprint density at radius 2 is 1.90 bits per heavy atom. The van der Waals surface area contributed by atoms with Crippen LogP contribution in [0.2, 0.25) is 0 Å². The highest BCUT2D eigenvalue weighted by Crippen LogP contribution is 2.09. The van der Waals surface area contributed by atoms with Crippen LogP contribution in [0.5, 0.6) is 0 Å². The fourth-order valence-corrected chi connectivity index (χ4v) is 1.05. The molecule has 0 saturated heterocycles. The van der Waals surface area contributed by atoms with Crippen LogP contribution in [0.4, 0.5) is 0 Å². The van der Waals surface area contributed by atoms with Crippen molar-refractivity contribution in [1.82, 2.24) is 0 Å². The van der Waals surface area contributed by atoms with Gasteiger partial charge in [-0.05, 0) is 12.8 Å². The minimum Gasteiger partial charge on any atom is -0.210 e. The molecule has 10 heavy (non-hydrogen) atoms. The topological polar surface area (TPSA) is 36.2 Å². The molecule has 0 aliphatic carbocycles. The van der Waals surface area contributed by atoms with Gasteiger partial charge in [0, 0.05) is 0 Å². The average Bonchev–Trinajstić information content (AvgIpc) is 1.98. The average molecular weight is 142 g/mol. The summed E-state index contributed by atoms with van der Waals surface area (Å²) in [6, 6.07) is 0.310. The van der Waals surface area contributed by atoms with Crippen molar-refractivity contribution in [3.05, 3.63) is 0 Å². The molecule has 0 bridgehead atoms. The van der Waals surface area contributed by atoms with E-state index in [4.69, 9.17) is 5.53 Å². The molecule has 0 amide bonds. The second-order valence-corrected chi connectivity index (χ2v) is 2.71. The van der Waals surface area contributed by atoms with Crippen molar-refractivity contribution in [1.29, 1.82) is 5.53 Å². The molecule has 0 aromatic rings. The van der Waals surface area contributed by atoms with Crippen LogP contribution in [0.15, 0.2) is 5.11 Å². The van der Waals surface area contributed by atoms with E-state index in [0.717, 1.165) is 19.3 Å². The summed E-state index contributed by atoms with van der Waals surface area (Å²) >= 11 is 0. The van der Waals surface area contributed by atoms with E-state index < -0.39 is 0 Å². The Bertz CT molecular complexity index is 81.3. The van der Waals surface area contributed by atoms with Gasteiger partial charge in [0.05, 0.1) is 6.04 Å². The van der Waals surface area contributed by atoms with Gasteiger partial charge < -0.3 is 0 Å². The number of hydrogen-bond donors (Lipinski definition) is 1. The molecule has 0 radical (unpaired) electrons. The van der Waals surface area contributed by atoms with Gasteiger partial charge in [0.1, 0.15) is 0 Å². The predicted octanol–water partition coefficient (Wildman–Crippen LogP) is 3.38. The molecule has 1 N–H and O–H groups in total. The van der Waals surface area contributed by atoms with E-state index in [-0.39, 0.29) is 0 Å². The lowest BCUT2D eigenvalue weighted by atomic mass is 10.1. The SMILES string of the molecule is CCCCC(CCC)N=N. The van der Waals surface area contributed by atoms with Crippen LogP contribution in [0, 0.1) is 5.53 Å². The lowest BCUT2D eigenvalue weighted by Crippen LogP contribution is -2.01. The third kappa shape index (κ3) is 4.48. The zero-order chi connectivity index (χ0) is 7.82. The Kier molecular flexibility index (Phi) is 6.45. The van der Waals surface area contributed by atoms with E-state index in [1.54, 1.807) is 0 Å². The first-order valence-electron chi connectivity index (χ1n) is 4.21. The molecule has 2 heteroatoms. The first kappa shape index (κ1) is 9.60. The van der Waals surface area contributed by atoms with Gasteiger partial charge in [0.25, 0.3) is 0 Å². The summed E-state index contributed by atoms with van der Waals surface area (Å²) in [7, 11) is 0. The molecule has 0 aromatic heterocycles. The summed E-state index contributed by atoms with van der Waals surface area (Å²) < 4.78 is 0. The van der Waals surface area contributed by atoms with E-state index in [1.807, 2.05) is 0 Å². The maximum absolute atomic E-state index is 6.87. The molecule has 1 atom stereocenters. The quantitative estimate of drug-likeness (QED) is 0.552. The van der Waals surface area contributed by atoms with E-state index in [1.165, 1.54) is 12.8 Å². The fourth-order valence-electron chi connectivity index (χ4n) is 1.05. The van der Waals surface area contributed by atoms with Gasteiger partial charge >= 0.3 is 0 Å². The molecule has 1 unspecified atom stereocenters. The van der Waals surface area contributed by atoms with E-state index in [0.29, 0.717) is 6.04 Å². The van der Waals surface area contributed by atoms with E-state index in [9.17, 15) is 0 Å². The van der Waals surface area contributed by atoms with Crippen LogP contribution >= 0.6 is 0 Å². The summed E-state index contributed by atoms with van der Waals surface area (Å²) in [5.74, 6) is 0. The molecular weight excluding hydrogens is 124 g/mol. The number of nitrogens with zero attached hydrogens (tertiary/aromatic N) is 1. The number of hydrogen-bond acceptors (Lipinski definition) is 2.